The lowest BCUT2D eigenvalue weighted by Crippen LogP contribution is -2.46. The van der Waals surface area contributed by atoms with Crippen molar-refractivity contribution >= 4 is 11.9 Å². The number of ether oxygens (including phenoxy) is 1. The number of rotatable bonds is 51. The van der Waals surface area contributed by atoms with E-state index in [2.05, 4.69) is 74.7 Å². The molecule has 3 unspecified atom stereocenters. The van der Waals surface area contributed by atoms with Crippen LogP contribution in [-0.4, -0.2) is 46.9 Å². The van der Waals surface area contributed by atoms with Gasteiger partial charge in [-0.1, -0.05) is 243 Å². The highest BCUT2D eigenvalue weighted by atomic mass is 16.5. The normalized spacial score (nSPS) is 13.5. The third-order valence-electron chi connectivity index (χ3n) is 12.9. The number of unbranched alkanes of at least 4 members (excludes halogenated alkanes) is 31. The summed E-state index contributed by atoms with van der Waals surface area (Å²) in [6, 6.07) is -0.711. The molecule has 65 heavy (non-hydrogen) atoms. The van der Waals surface area contributed by atoms with Crippen molar-refractivity contribution in [1.82, 2.24) is 5.32 Å². The molecular weight excluding hydrogens is 803 g/mol. The van der Waals surface area contributed by atoms with Crippen LogP contribution in [0.3, 0.4) is 0 Å². The molecule has 380 valence electrons. The number of hydrogen-bond acceptors (Lipinski definition) is 5. The summed E-state index contributed by atoms with van der Waals surface area (Å²) in [5.74, 6) is -0.496. The number of amides is 1. The van der Waals surface area contributed by atoms with Crippen LogP contribution in [0.4, 0.5) is 0 Å². The van der Waals surface area contributed by atoms with Crippen molar-refractivity contribution in [3.8, 4) is 0 Å². The number of hydrogen-bond donors (Lipinski definition) is 3. The van der Waals surface area contributed by atoms with Crippen LogP contribution in [0.5, 0.6) is 0 Å². The van der Waals surface area contributed by atoms with Gasteiger partial charge in [-0.05, 0) is 83.5 Å². The monoisotopic (exact) mass is 912 g/mol. The van der Waals surface area contributed by atoms with Crippen LogP contribution in [0.25, 0.3) is 0 Å². The Hall–Kier alpha value is -2.18. The maximum atomic E-state index is 13.2. The fourth-order valence-electron chi connectivity index (χ4n) is 8.62. The Morgan fingerprint density at radius 1 is 0.462 bits per heavy atom. The first-order chi connectivity index (χ1) is 32.0. The maximum absolute atomic E-state index is 13.2. The molecular formula is C59H109NO5. The molecule has 0 rings (SSSR count). The number of nitrogens with one attached hydrogen (secondary N) is 1. The van der Waals surface area contributed by atoms with E-state index >= 15 is 0 Å². The van der Waals surface area contributed by atoms with Crippen molar-refractivity contribution in [2.45, 2.75) is 309 Å². The smallest absolute Gasteiger partial charge is 0.306 e. The van der Waals surface area contributed by atoms with Crippen LogP contribution in [0.15, 0.2) is 48.6 Å². The number of esters is 1. The van der Waals surface area contributed by atoms with E-state index in [1.807, 2.05) is 0 Å². The zero-order chi connectivity index (χ0) is 47.4. The van der Waals surface area contributed by atoms with E-state index in [1.165, 1.54) is 148 Å². The van der Waals surface area contributed by atoms with E-state index in [4.69, 9.17) is 4.74 Å². The zero-order valence-electron chi connectivity index (χ0n) is 43.4. The van der Waals surface area contributed by atoms with Crippen LogP contribution in [0, 0.1) is 0 Å². The Balaban J connectivity index is 4.56. The van der Waals surface area contributed by atoms with Crippen LogP contribution >= 0.6 is 0 Å². The van der Waals surface area contributed by atoms with Gasteiger partial charge in [-0.15, -0.1) is 0 Å². The zero-order valence-corrected chi connectivity index (χ0v) is 43.4. The van der Waals surface area contributed by atoms with E-state index in [1.54, 1.807) is 0 Å². The van der Waals surface area contributed by atoms with E-state index in [9.17, 15) is 19.8 Å². The molecule has 0 heterocycles. The van der Waals surface area contributed by atoms with Crippen LogP contribution in [0.2, 0.25) is 0 Å². The minimum atomic E-state index is -0.796. The number of aliphatic hydroxyl groups excluding tert-OH is 2. The van der Waals surface area contributed by atoms with Gasteiger partial charge in [0.15, 0.2) is 0 Å². The second-order valence-corrected chi connectivity index (χ2v) is 19.3. The summed E-state index contributed by atoms with van der Waals surface area (Å²) in [5.41, 5.74) is 0. The predicted molar refractivity (Wildman–Crippen MR) is 282 cm³/mol. The molecule has 0 fully saturated rings. The van der Waals surface area contributed by atoms with Crippen molar-refractivity contribution in [3.63, 3.8) is 0 Å². The third kappa shape index (κ3) is 48.1. The number of aliphatic hydroxyl groups is 2. The molecule has 1 amide bonds. The maximum Gasteiger partial charge on any atom is 0.306 e. The quantitative estimate of drug-likeness (QED) is 0.0321. The van der Waals surface area contributed by atoms with Crippen LogP contribution in [-0.2, 0) is 14.3 Å². The SMILES string of the molecule is CC/C=C/C/C=C/C/C=C/CCCCCCC(CC(=O)NC(CO)C(O)CCCCCCCCCCCCCCCC)OC(=O)CCCCCCC/C=C/CCCCCCCCCCC. The van der Waals surface area contributed by atoms with Gasteiger partial charge in [-0.2, -0.15) is 0 Å². The lowest BCUT2D eigenvalue weighted by molar-refractivity contribution is -0.151. The third-order valence-corrected chi connectivity index (χ3v) is 12.9. The van der Waals surface area contributed by atoms with Gasteiger partial charge in [0.2, 0.25) is 5.91 Å². The van der Waals surface area contributed by atoms with Gasteiger partial charge in [-0.3, -0.25) is 9.59 Å². The van der Waals surface area contributed by atoms with Crippen molar-refractivity contribution in [3.05, 3.63) is 48.6 Å². The Bertz CT molecular complexity index is 1110. The van der Waals surface area contributed by atoms with Gasteiger partial charge in [0.25, 0.3) is 0 Å². The van der Waals surface area contributed by atoms with Gasteiger partial charge in [0.05, 0.1) is 25.2 Å². The largest absolute Gasteiger partial charge is 0.462 e. The molecule has 0 saturated heterocycles. The molecule has 0 aromatic rings. The van der Waals surface area contributed by atoms with Crippen molar-refractivity contribution < 1.29 is 24.5 Å². The Morgan fingerprint density at radius 2 is 0.831 bits per heavy atom. The van der Waals surface area contributed by atoms with Crippen LogP contribution < -0.4 is 5.32 Å². The molecule has 6 nitrogen and oxygen atoms in total. The molecule has 0 aliphatic heterocycles. The summed E-state index contributed by atoms with van der Waals surface area (Å²) in [4.78, 5) is 26.2. The highest BCUT2D eigenvalue weighted by Crippen LogP contribution is 2.18. The highest BCUT2D eigenvalue weighted by Gasteiger charge is 2.24. The average Bonchev–Trinajstić information content (AvgIpc) is 3.30. The molecule has 0 aromatic heterocycles. The van der Waals surface area contributed by atoms with Crippen LogP contribution in [0.1, 0.15) is 290 Å². The number of carbonyl (C=O) groups is 2. The lowest BCUT2D eigenvalue weighted by atomic mass is 10.0. The molecule has 0 spiro atoms. The fourth-order valence-corrected chi connectivity index (χ4v) is 8.62. The summed E-state index contributed by atoms with van der Waals surface area (Å²) in [7, 11) is 0. The minimum Gasteiger partial charge on any atom is -0.462 e. The number of allylic oxidation sites excluding steroid dienone is 8. The average molecular weight is 913 g/mol. The lowest BCUT2D eigenvalue weighted by Gasteiger charge is -2.24. The molecule has 0 aromatic carbocycles. The standard InChI is InChI=1S/C59H109NO5/c1-4-7-10-13-16-19-22-25-28-29-30-31-34-37-40-43-46-49-52-59(64)65-55(50-47-44-41-38-35-32-26-23-20-17-14-11-8-5-2)53-58(63)60-56(54-61)57(62)51-48-45-42-39-36-33-27-24-21-18-15-12-9-6-3/h8,11,17,20,26,30-32,55-57,61-62H,4-7,9-10,12-16,18-19,21-25,27-29,33-54H2,1-3H3,(H,60,63)/b11-8+,20-17+,31-30+,32-26+. The topological polar surface area (TPSA) is 95.9 Å². The summed E-state index contributed by atoms with van der Waals surface area (Å²) in [5, 5.41) is 23.8. The summed E-state index contributed by atoms with van der Waals surface area (Å²) >= 11 is 0. The Labute approximate surface area is 404 Å². The van der Waals surface area contributed by atoms with Gasteiger partial charge in [-0.25, -0.2) is 0 Å². The van der Waals surface area contributed by atoms with E-state index in [0.29, 0.717) is 19.3 Å². The Morgan fingerprint density at radius 3 is 1.28 bits per heavy atom. The van der Waals surface area contributed by atoms with Crippen molar-refractivity contribution in [1.29, 1.82) is 0 Å². The van der Waals surface area contributed by atoms with Gasteiger partial charge in [0, 0.05) is 6.42 Å². The molecule has 0 aliphatic rings. The molecule has 3 N–H and O–H groups in total. The molecule has 3 atom stereocenters. The molecule has 0 radical (unpaired) electrons. The summed E-state index contributed by atoms with van der Waals surface area (Å²) in [6.07, 6.45) is 64.6. The molecule has 0 aliphatic carbocycles. The summed E-state index contributed by atoms with van der Waals surface area (Å²) < 4.78 is 5.94. The van der Waals surface area contributed by atoms with Gasteiger partial charge < -0.3 is 20.3 Å². The highest BCUT2D eigenvalue weighted by molar-refractivity contribution is 5.77. The second-order valence-electron chi connectivity index (χ2n) is 19.3. The molecule has 6 heteroatoms. The molecule has 0 saturated carbocycles. The van der Waals surface area contributed by atoms with E-state index in [0.717, 1.165) is 96.3 Å². The first-order valence-corrected chi connectivity index (χ1v) is 28.4. The van der Waals surface area contributed by atoms with E-state index in [-0.39, 0.29) is 24.9 Å². The summed E-state index contributed by atoms with van der Waals surface area (Å²) in [6.45, 7) is 6.39. The van der Waals surface area contributed by atoms with E-state index < -0.39 is 18.2 Å². The van der Waals surface area contributed by atoms with Gasteiger partial charge in [0.1, 0.15) is 6.10 Å². The minimum absolute atomic E-state index is 0.0605. The molecule has 0 bridgehead atoms. The van der Waals surface area contributed by atoms with Gasteiger partial charge >= 0.3 is 5.97 Å². The first kappa shape index (κ1) is 62.8. The Kier molecular flexibility index (Phi) is 51.0. The number of carbonyl (C=O) groups excluding carboxylic acids is 2. The van der Waals surface area contributed by atoms with Crippen molar-refractivity contribution in [2.24, 2.45) is 0 Å². The fraction of sp³-hybridized carbons (Fsp3) is 0.831. The van der Waals surface area contributed by atoms with Crippen molar-refractivity contribution in [2.75, 3.05) is 6.61 Å². The predicted octanol–water partition coefficient (Wildman–Crippen LogP) is 17.4. The first-order valence-electron chi connectivity index (χ1n) is 28.4. The second kappa shape index (κ2) is 52.8.